The third-order valence-electron chi connectivity index (χ3n) is 2.47. The average Bonchev–Trinajstić information content (AvgIpc) is 2.72. The van der Waals surface area contributed by atoms with Crippen molar-refractivity contribution in [3.8, 4) is 0 Å². The summed E-state index contributed by atoms with van der Waals surface area (Å²) in [6, 6.07) is 5.30. The Morgan fingerprint density at radius 2 is 2.12 bits per heavy atom. The van der Waals surface area contributed by atoms with Crippen LogP contribution in [0.4, 0.5) is 0 Å². The maximum atomic E-state index is 12.0. The molecular formula is C13H11NO2S. The molecule has 0 saturated heterocycles. The lowest BCUT2D eigenvalue weighted by atomic mass is 10.0. The minimum absolute atomic E-state index is 0.0399. The molecule has 0 amide bonds. The summed E-state index contributed by atoms with van der Waals surface area (Å²) in [7, 11) is 0. The second kappa shape index (κ2) is 5.01. The van der Waals surface area contributed by atoms with Crippen LogP contribution in [0, 0.1) is 6.92 Å². The molecule has 0 atom stereocenters. The lowest BCUT2D eigenvalue weighted by molar-refractivity contribution is 0.0993. The number of nitrogens with zero attached hydrogens (tertiary/aromatic N) is 1. The first-order chi connectivity index (χ1) is 8.20. The van der Waals surface area contributed by atoms with Crippen molar-refractivity contribution in [2.75, 3.05) is 0 Å². The maximum absolute atomic E-state index is 12.0. The van der Waals surface area contributed by atoms with Crippen LogP contribution >= 0.6 is 11.3 Å². The number of pyridine rings is 1. The number of carbonyl (C=O) groups excluding carboxylic acids is 2. The summed E-state index contributed by atoms with van der Waals surface area (Å²) < 4.78 is 0. The van der Waals surface area contributed by atoms with Crippen molar-refractivity contribution in [3.05, 3.63) is 51.5 Å². The van der Waals surface area contributed by atoms with Crippen molar-refractivity contribution in [1.29, 1.82) is 0 Å². The van der Waals surface area contributed by atoms with Gasteiger partial charge in [0.2, 0.25) is 0 Å². The van der Waals surface area contributed by atoms with Gasteiger partial charge in [0.05, 0.1) is 4.88 Å². The Morgan fingerprint density at radius 3 is 2.71 bits per heavy atom. The predicted molar refractivity (Wildman–Crippen MR) is 66.7 cm³/mol. The minimum Gasteiger partial charge on any atom is -0.297 e. The van der Waals surface area contributed by atoms with Gasteiger partial charge in [0.25, 0.3) is 0 Å². The highest BCUT2D eigenvalue weighted by Crippen LogP contribution is 2.21. The molecule has 0 unspecified atom stereocenters. The van der Waals surface area contributed by atoms with E-state index in [0.717, 1.165) is 16.7 Å². The van der Waals surface area contributed by atoms with E-state index in [-0.39, 0.29) is 5.78 Å². The Kier molecular flexibility index (Phi) is 3.44. The lowest BCUT2D eigenvalue weighted by Gasteiger charge is -1.99. The molecule has 0 spiro atoms. The van der Waals surface area contributed by atoms with Crippen LogP contribution in [0.15, 0.2) is 30.6 Å². The number of aryl methyl sites for hydroxylation is 1. The summed E-state index contributed by atoms with van der Waals surface area (Å²) in [4.78, 5) is 28.1. The van der Waals surface area contributed by atoms with Crippen LogP contribution in [0.25, 0.3) is 0 Å². The van der Waals surface area contributed by atoms with Crippen molar-refractivity contribution in [2.24, 2.45) is 0 Å². The van der Waals surface area contributed by atoms with Crippen LogP contribution in [0.5, 0.6) is 0 Å². The van der Waals surface area contributed by atoms with Gasteiger partial charge in [-0.1, -0.05) is 0 Å². The summed E-state index contributed by atoms with van der Waals surface area (Å²) in [6.45, 7) is 1.86. The van der Waals surface area contributed by atoms with Gasteiger partial charge in [-0.25, -0.2) is 0 Å². The Hall–Kier alpha value is -1.81. The molecule has 0 radical (unpaired) electrons. The largest absolute Gasteiger partial charge is 0.297 e. The van der Waals surface area contributed by atoms with Crippen molar-refractivity contribution in [3.63, 3.8) is 0 Å². The number of thiophene rings is 1. The van der Waals surface area contributed by atoms with Gasteiger partial charge in [0.15, 0.2) is 12.1 Å². The van der Waals surface area contributed by atoms with Crippen molar-refractivity contribution in [1.82, 2.24) is 4.98 Å². The summed E-state index contributed by atoms with van der Waals surface area (Å²) in [5, 5.41) is 0. The second-order valence-corrected chi connectivity index (χ2v) is 4.98. The molecule has 3 nitrogen and oxygen atoms in total. The van der Waals surface area contributed by atoms with Gasteiger partial charge >= 0.3 is 0 Å². The van der Waals surface area contributed by atoms with Gasteiger partial charge in [-0.15, -0.1) is 11.3 Å². The highest BCUT2D eigenvalue weighted by atomic mass is 32.1. The van der Waals surface area contributed by atoms with Gasteiger partial charge in [0, 0.05) is 29.3 Å². The summed E-state index contributed by atoms with van der Waals surface area (Å²) in [5.41, 5.74) is 1.58. The zero-order chi connectivity index (χ0) is 12.3. The van der Waals surface area contributed by atoms with Crippen molar-refractivity contribution in [2.45, 2.75) is 13.3 Å². The second-order valence-electron chi connectivity index (χ2n) is 3.69. The van der Waals surface area contributed by atoms with E-state index in [2.05, 4.69) is 4.98 Å². The molecule has 0 N–H and O–H groups in total. The van der Waals surface area contributed by atoms with Crippen LogP contribution in [-0.2, 0) is 6.42 Å². The highest BCUT2D eigenvalue weighted by Gasteiger charge is 2.13. The van der Waals surface area contributed by atoms with E-state index in [1.165, 1.54) is 11.3 Å². The molecule has 0 aliphatic heterocycles. The van der Waals surface area contributed by atoms with Crippen LogP contribution in [0.3, 0.4) is 0 Å². The SMILES string of the molecule is Cc1sc(C=O)cc1C(=O)Cc1ccncc1. The molecule has 0 aromatic carbocycles. The number of rotatable bonds is 4. The summed E-state index contributed by atoms with van der Waals surface area (Å²) in [5.74, 6) is 0.0399. The Morgan fingerprint density at radius 1 is 1.41 bits per heavy atom. The molecule has 2 heterocycles. The van der Waals surface area contributed by atoms with Gasteiger partial charge < -0.3 is 0 Å². The van der Waals surface area contributed by atoms with E-state index >= 15 is 0 Å². The van der Waals surface area contributed by atoms with E-state index in [4.69, 9.17) is 0 Å². The first kappa shape index (κ1) is 11.7. The fourth-order valence-electron chi connectivity index (χ4n) is 1.62. The van der Waals surface area contributed by atoms with Crippen molar-refractivity contribution >= 4 is 23.4 Å². The Bertz CT molecular complexity index is 546. The van der Waals surface area contributed by atoms with Gasteiger partial charge in [-0.3, -0.25) is 14.6 Å². The smallest absolute Gasteiger partial charge is 0.168 e. The Balaban J connectivity index is 2.20. The quantitative estimate of drug-likeness (QED) is 0.614. The third kappa shape index (κ3) is 2.65. The van der Waals surface area contributed by atoms with Gasteiger partial charge in [-0.05, 0) is 30.7 Å². The van der Waals surface area contributed by atoms with Crippen LogP contribution in [0.1, 0.15) is 30.5 Å². The third-order valence-corrected chi connectivity index (χ3v) is 3.44. The minimum atomic E-state index is 0.0399. The number of aldehydes is 1. The predicted octanol–water partition coefficient (Wildman–Crippen LogP) is 2.69. The van der Waals surface area contributed by atoms with E-state index in [1.54, 1.807) is 18.5 Å². The van der Waals surface area contributed by atoms with E-state index in [9.17, 15) is 9.59 Å². The van der Waals surface area contributed by atoms with Crippen LogP contribution < -0.4 is 0 Å². The number of ketones is 1. The lowest BCUT2D eigenvalue weighted by Crippen LogP contribution is -2.03. The highest BCUT2D eigenvalue weighted by molar-refractivity contribution is 7.13. The van der Waals surface area contributed by atoms with E-state index in [1.807, 2.05) is 19.1 Å². The zero-order valence-electron chi connectivity index (χ0n) is 9.34. The maximum Gasteiger partial charge on any atom is 0.168 e. The molecule has 4 heteroatoms. The molecule has 0 saturated carbocycles. The Labute approximate surface area is 103 Å². The average molecular weight is 245 g/mol. The molecular weight excluding hydrogens is 234 g/mol. The summed E-state index contributed by atoms with van der Waals surface area (Å²) in [6.07, 6.45) is 4.46. The molecule has 2 aromatic rings. The standard InChI is InChI=1S/C13H11NO2S/c1-9-12(7-11(8-15)17-9)13(16)6-10-2-4-14-5-3-10/h2-5,7-8H,6H2,1H3. The fraction of sp³-hybridized carbons (Fsp3) is 0.154. The number of hydrogen-bond acceptors (Lipinski definition) is 4. The number of hydrogen-bond donors (Lipinski definition) is 0. The summed E-state index contributed by atoms with van der Waals surface area (Å²) >= 11 is 1.35. The first-order valence-corrected chi connectivity index (χ1v) is 6.00. The molecule has 0 fully saturated rings. The number of aromatic nitrogens is 1. The number of Topliss-reactive ketones (excluding diaryl/α,β-unsaturated/α-hetero) is 1. The van der Waals surface area contributed by atoms with Gasteiger partial charge in [-0.2, -0.15) is 0 Å². The molecule has 2 aromatic heterocycles. The first-order valence-electron chi connectivity index (χ1n) is 5.18. The molecule has 2 rings (SSSR count). The van der Waals surface area contributed by atoms with E-state index in [0.29, 0.717) is 16.9 Å². The topological polar surface area (TPSA) is 47.0 Å². The van der Waals surface area contributed by atoms with Crippen LogP contribution in [-0.4, -0.2) is 17.1 Å². The zero-order valence-corrected chi connectivity index (χ0v) is 10.2. The van der Waals surface area contributed by atoms with Gasteiger partial charge in [0.1, 0.15) is 0 Å². The number of carbonyl (C=O) groups is 2. The molecule has 17 heavy (non-hydrogen) atoms. The molecule has 0 bridgehead atoms. The molecule has 0 aliphatic carbocycles. The van der Waals surface area contributed by atoms with Crippen molar-refractivity contribution < 1.29 is 9.59 Å². The fourth-order valence-corrected chi connectivity index (χ4v) is 2.48. The van der Waals surface area contributed by atoms with Crippen LogP contribution in [0.2, 0.25) is 0 Å². The monoisotopic (exact) mass is 245 g/mol. The molecule has 86 valence electrons. The van der Waals surface area contributed by atoms with E-state index < -0.39 is 0 Å². The molecule has 0 aliphatic rings. The normalized spacial score (nSPS) is 10.2.